The van der Waals surface area contributed by atoms with E-state index in [4.69, 9.17) is 4.74 Å². The molecule has 3 aliphatic heterocycles. The van der Waals surface area contributed by atoms with E-state index in [0.29, 0.717) is 33.5 Å². The number of rotatable bonds is 5. The van der Waals surface area contributed by atoms with Gasteiger partial charge in [-0.15, -0.1) is 0 Å². The van der Waals surface area contributed by atoms with Gasteiger partial charge in [0.05, 0.1) is 6.20 Å². The van der Waals surface area contributed by atoms with Gasteiger partial charge >= 0.3 is 0 Å². The van der Waals surface area contributed by atoms with Gasteiger partial charge < -0.3 is 15.4 Å². The molecule has 2 amide bonds. The molecule has 0 aliphatic carbocycles. The fourth-order valence-electron chi connectivity index (χ4n) is 4.09. The Hall–Kier alpha value is -2.45. The number of amides is 2. The summed E-state index contributed by atoms with van der Waals surface area (Å²) in [6.45, 7) is 5.93. The summed E-state index contributed by atoms with van der Waals surface area (Å²) in [5.41, 5.74) is 0.624. The SMILES string of the molecule is CC(=O)Nc1ncc(Oc2ccc(C(=O)N[C@@H]3C4CCN(CC4)[C@H]3C)cc2)s1. The van der Waals surface area contributed by atoms with Crippen molar-refractivity contribution in [3.8, 4) is 10.8 Å². The molecule has 3 fully saturated rings. The Morgan fingerprint density at radius 3 is 2.57 bits per heavy atom. The monoisotopic (exact) mass is 400 g/mol. The first-order valence-corrected chi connectivity index (χ1v) is 10.4. The predicted molar refractivity (Wildman–Crippen MR) is 108 cm³/mol. The minimum atomic E-state index is -0.173. The lowest BCUT2D eigenvalue weighted by atomic mass is 9.79. The molecule has 148 valence electrons. The smallest absolute Gasteiger partial charge is 0.251 e. The van der Waals surface area contributed by atoms with Crippen LogP contribution in [-0.2, 0) is 4.79 Å². The quantitative estimate of drug-likeness (QED) is 0.806. The molecule has 0 saturated carbocycles. The number of hydrogen-bond donors (Lipinski definition) is 2. The van der Waals surface area contributed by atoms with Crippen LogP contribution in [0.5, 0.6) is 10.8 Å². The van der Waals surface area contributed by atoms with E-state index in [1.165, 1.54) is 18.3 Å². The first kappa shape index (κ1) is 18.9. The van der Waals surface area contributed by atoms with Crippen molar-refractivity contribution >= 4 is 28.3 Å². The number of benzene rings is 1. The first-order chi connectivity index (χ1) is 13.5. The summed E-state index contributed by atoms with van der Waals surface area (Å²) in [5, 5.41) is 6.92. The Morgan fingerprint density at radius 1 is 1.21 bits per heavy atom. The van der Waals surface area contributed by atoms with Gasteiger partial charge in [-0.05, 0) is 63.0 Å². The van der Waals surface area contributed by atoms with Crippen molar-refractivity contribution in [3.63, 3.8) is 0 Å². The molecule has 5 rings (SSSR count). The molecular weight excluding hydrogens is 376 g/mol. The normalized spacial score (nSPS) is 25.9. The molecule has 2 N–H and O–H groups in total. The number of nitrogens with one attached hydrogen (secondary N) is 2. The number of fused-ring (bicyclic) bond motifs is 3. The zero-order valence-electron chi connectivity index (χ0n) is 16.0. The highest BCUT2D eigenvalue weighted by atomic mass is 32.1. The van der Waals surface area contributed by atoms with Gasteiger partial charge in [-0.25, -0.2) is 4.98 Å². The maximum Gasteiger partial charge on any atom is 0.251 e. The minimum Gasteiger partial charge on any atom is -0.445 e. The Labute approximate surface area is 168 Å². The third kappa shape index (κ3) is 4.02. The van der Waals surface area contributed by atoms with Gasteiger partial charge in [-0.3, -0.25) is 14.5 Å². The molecule has 2 atom stereocenters. The Morgan fingerprint density at radius 2 is 1.93 bits per heavy atom. The third-order valence-electron chi connectivity index (χ3n) is 5.58. The number of carbonyl (C=O) groups is 2. The zero-order valence-corrected chi connectivity index (χ0v) is 16.8. The van der Waals surface area contributed by atoms with Gasteiger partial charge in [0, 0.05) is 24.6 Å². The van der Waals surface area contributed by atoms with Crippen LogP contribution in [0, 0.1) is 5.92 Å². The van der Waals surface area contributed by atoms with E-state index in [1.807, 2.05) is 0 Å². The highest BCUT2D eigenvalue weighted by Gasteiger charge is 2.40. The Bertz CT molecular complexity index is 857. The molecular formula is C20H24N4O3S. The van der Waals surface area contributed by atoms with Crippen molar-refractivity contribution in [2.75, 3.05) is 18.4 Å². The van der Waals surface area contributed by atoms with Crippen molar-refractivity contribution in [3.05, 3.63) is 36.0 Å². The second-order valence-electron chi connectivity index (χ2n) is 7.41. The standard InChI is InChI=1S/C20H24N4O3S/c1-12-18(14-7-9-24(12)10-8-14)23-19(26)15-3-5-16(6-4-15)27-17-11-21-20(28-17)22-13(2)25/h3-6,11-12,14,18H,7-10H2,1-2H3,(H,23,26)(H,21,22,25)/t12-,18-/m0/s1. The summed E-state index contributed by atoms with van der Waals surface area (Å²) in [6, 6.07) is 7.69. The van der Waals surface area contributed by atoms with Crippen molar-refractivity contribution in [2.45, 2.75) is 38.8 Å². The molecule has 0 spiro atoms. The molecule has 3 aliphatic rings. The molecule has 2 aromatic rings. The number of anilines is 1. The first-order valence-electron chi connectivity index (χ1n) is 9.56. The largest absolute Gasteiger partial charge is 0.445 e. The Kier molecular flexibility index (Phi) is 5.32. The molecule has 7 nitrogen and oxygen atoms in total. The van der Waals surface area contributed by atoms with Gasteiger partial charge in [-0.1, -0.05) is 11.3 Å². The van der Waals surface area contributed by atoms with Crippen molar-refractivity contribution in [1.29, 1.82) is 0 Å². The van der Waals surface area contributed by atoms with Gasteiger partial charge in [0.1, 0.15) is 5.75 Å². The van der Waals surface area contributed by atoms with Crippen LogP contribution in [0.3, 0.4) is 0 Å². The summed E-state index contributed by atoms with van der Waals surface area (Å²) in [4.78, 5) is 30.3. The summed E-state index contributed by atoms with van der Waals surface area (Å²) >= 11 is 1.25. The maximum absolute atomic E-state index is 12.7. The molecule has 1 aromatic carbocycles. The second-order valence-corrected chi connectivity index (χ2v) is 8.40. The van der Waals surface area contributed by atoms with E-state index >= 15 is 0 Å². The van der Waals surface area contributed by atoms with Crippen LogP contribution in [0.25, 0.3) is 0 Å². The lowest BCUT2D eigenvalue weighted by molar-refractivity contribution is -0.114. The lowest BCUT2D eigenvalue weighted by Crippen LogP contribution is -2.62. The van der Waals surface area contributed by atoms with Crippen LogP contribution >= 0.6 is 11.3 Å². The Balaban J connectivity index is 1.37. The van der Waals surface area contributed by atoms with Gasteiger partial charge in [0.25, 0.3) is 5.91 Å². The van der Waals surface area contributed by atoms with E-state index in [1.54, 1.807) is 30.5 Å². The number of aromatic nitrogens is 1. The lowest BCUT2D eigenvalue weighted by Gasteiger charge is -2.49. The van der Waals surface area contributed by atoms with Gasteiger partial charge in [0.2, 0.25) is 11.0 Å². The number of thiazole rings is 1. The zero-order chi connectivity index (χ0) is 19.7. The average molecular weight is 401 g/mol. The molecule has 0 unspecified atom stereocenters. The second kappa shape index (κ2) is 7.89. The number of nitrogens with zero attached hydrogens (tertiary/aromatic N) is 2. The van der Waals surface area contributed by atoms with Crippen LogP contribution in [-0.4, -0.2) is 46.9 Å². The highest BCUT2D eigenvalue weighted by molar-refractivity contribution is 7.17. The van der Waals surface area contributed by atoms with Gasteiger partial charge in [-0.2, -0.15) is 0 Å². The summed E-state index contributed by atoms with van der Waals surface area (Å²) in [7, 11) is 0. The summed E-state index contributed by atoms with van der Waals surface area (Å²) in [6.07, 6.45) is 3.89. The fourth-order valence-corrected chi connectivity index (χ4v) is 4.82. The van der Waals surface area contributed by atoms with E-state index in [-0.39, 0.29) is 17.9 Å². The van der Waals surface area contributed by atoms with Crippen molar-refractivity contribution in [2.24, 2.45) is 5.92 Å². The summed E-state index contributed by atoms with van der Waals surface area (Å²) < 4.78 is 5.75. The molecule has 8 heteroatoms. The highest BCUT2D eigenvalue weighted by Crippen LogP contribution is 2.33. The number of carbonyl (C=O) groups excluding carboxylic acids is 2. The number of piperidine rings is 3. The van der Waals surface area contributed by atoms with Crippen LogP contribution in [0.1, 0.15) is 37.0 Å². The molecule has 0 radical (unpaired) electrons. The average Bonchev–Trinajstić information content (AvgIpc) is 3.11. The van der Waals surface area contributed by atoms with Crippen molar-refractivity contribution in [1.82, 2.24) is 15.2 Å². The molecule has 28 heavy (non-hydrogen) atoms. The molecule has 4 heterocycles. The van der Waals surface area contributed by atoms with Crippen LogP contribution < -0.4 is 15.4 Å². The minimum absolute atomic E-state index is 0.0390. The summed E-state index contributed by atoms with van der Waals surface area (Å²) in [5.74, 6) is 0.984. The maximum atomic E-state index is 12.7. The van der Waals surface area contributed by atoms with E-state index in [0.717, 1.165) is 25.9 Å². The molecule has 2 bridgehead atoms. The molecule has 3 saturated heterocycles. The molecule has 1 aromatic heterocycles. The van der Waals surface area contributed by atoms with Crippen molar-refractivity contribution < 1.29 is 14.3 Å². The third-order valence-corrected chi connectivity index (χ3v) is 6.37. The topological polar surface area (TPSA) is 83.6 Å². The fraction of sp³-hybridized carbons (Fsp3) is 0.450. The number of ether oxygens (including phenoxy) is 1. The van der Waals surface area contributed by atoms with Crippen LogP contribution in [0.15, 0.2) is 30.5 Å². The van der Waals surface area contributed by atoms with Crippen LogP contribution in [0.2, 0.25) is 0 Å². The van der Waals surface area contributed by atoms with Crippen LogP contribution in [0.4, 0.5) is 5.13 Å². The van der Waals surface area contributed by atoms with Gasteiger partial charge in [0.15, 0.2) is 5.13 Å². The van der Waals surface area contributed by atoms with E-state index in [2.05, 4.69) is 27.4 Å². The number of hydrogen-bond acceptors (Lipinski definition) is 6. The van der Waals surface area contributed by atoms with E-state index < -0.39 is 0 Å². The van der Waals surface area contributed by atoms with E-state index in [9.17, 15) is 9.59 Å². The predicted octanol–water partition coefficient (Wildman–Crippen LogP) is 3.11.